The van der Waals surface area contributed by atoms with E-state index in [1.807, 2.05) is 0 Å². The van der Waals surface area contributed by atoms with Crippen molar-refractivity contribution in [1.82, 2.24) is 19.6 Å². The van der Waals surface area contributed by atoms with Gasteiger partial charge in [0.2, 0.25) is 0 Å². The molecule has 0 radical (unpaired) electrons. The first-order valence-electron chi connectivity index (χ1n) is 16.1. The lowest BCUT2D eigenvalue weighted by molar-refractivity contribution is 0.215. The minimum absolute atomic E-state index is 1.08. The molecule has 0 fully saturated rings. The van der Waals surface area contributed by atoms with Crippen molar-refractivity contribution >= 4 is 0 Å². The first-order chi connectivity index (χ1) is 17.8. The number of nitrogens with zero attached hydrogens (tertiary/aromatic N) is 4. The standard InChI is InChI=1S/C32H62N4/c1-3-5-7-9-11-13-15-17-19-21-23-33-25-27-35(31-33)29-30-36-28-26-34(32-36)24-22-20-18-16-14-12-10-8-6-4-2/h25-28H,3-24,29-32H2,1-2H3. The van der Waals surface area contributed by atoms with Crippen LogP contribution in [-0.2, 0) is 0 Å². The summed E-state index contributed by atoms with van der Waals surface area (Å²) in [5.74, 6) is 0. The lowest BCUT2D eigenvalue weighted by atomic mass is 10.1. The van der Waals surface area contributed by atoms with E-state index in [4.69, 9.17) is 0 Å². The summed E-state index contributed by atoms with van der Waals surface area (Å²) in [5, 5.41) is 0. The van der Waals surface area contributed by atoms with Crippen LogP contribution in [0.3, 0.4) is 0 Å². The van der Waals surface area contributed by atoms with E-state index in [0.717, 1.165) is 26.4 Å². The summed E-state index contributed by atoms with van der Waals surface area (Å²) in [5.41, 5.74) is 0. The molecule has 0 aromatic rings. The van der Waals surface area contributed by atoms with Crippen LogP contribution in [0.5, 0.6) is 0 Å². The molecule has 0 aromatic carbocycles. The predicted molar refractivity (Wildman–Crippen MR) is 159 cm³/mol. The minimum Gasteiger partial charge on any atom is -0.359 e. The van der Waals surface area contributed by atoms with Gasteiger partial charge in [-0.05, 0) is 12.8 Å². The lowest BCUT2D eigenvalue weighted by Crippen LogP contribution is -2.34. The zero-order valence-electron chi connectivity index (χ0n) is 24.5. The summed E-state index contributed by atoms with van der Waals surface area (Å²) in [4.78, 5) is 9.97. The van der Waals surface area contributed by atoms with Crippen LogP contribution in [0.1, 0.15) is 142 Å². The van der Waals surface area contributed by atoms with Gasteiger partial charge >= 0.3 is 0 Å². The number of rotatable bonds is 25. The quantitative estimate of drug-likeness (QED) is 0.115. The summed E-state index contributed by atoms with van der Waals surface area (Å²) in [6.07, 6.45) is 37.6. The second-order valence-electron chi connectivity index (χ2n) is 11.5. The third-order valence-electron chi connectivity index (χ3n) is 7.98. The normalized spacial score (nSPS) is 15.3. The first-order valence-corrected chi connectivity index (χ1v) is 16.1. The summed E-state index contributed by atoms with van der Waals surface area (Å²) in [6.45, 7) is 11.5. The van der Waals surface area contributed by atoms with Crippen LogP contribution in [0, 0.1) is 0 Å². The van der Waals surface area contributed by atoms with Crippen LogP contribution in [0.4, 0.5) is 0 Å². The molecule has 0 atom stereocenters. The number of hydrogen-bond donors (Lipinski definition) is 0. The van der Waals surface area contributed by atoms with Crippen LogP contribution in [-0.4, -0.2) is 59.1 Å². The highest BCUT2D eigenvalue weighted by Gasteiger charge is 2.15. The highest BCUT2D eigenvalue weighted by molar-refractivity contribution is 4.94. The molecule has 2 aliphatic rings. The van der Waals surface area contributed by atoms with E-state index in [0.29, 0.717) is 0 Å². The molecule has 2 aliphatic heterocycles. The van der Waals surface area contributed by atoms with E-state index < -0.39 is 0 Å². The molecule has 0 amide bonds. The first kappa shape index (κ1) is 30.9. The minimum atomic E-state index is 1.08. The molecular formula is C32H62N4. The van der Waals surface area contributed by atoms with E-state index in [1.54, 1.807) is 0 Å². The van der Waals surface area contributed by atoms with E-state index in [1.165, 1.54) is 142 Å². The summed E-state index contributed by atoms with van der Waals surface area (Å²) in [7, 11) is 0. The molecule has 0 aliphatic carbocycles. The largest absolute Gasteiger partial charge is 0.359 e. The molecule has 0 unspecified atom stereocenters. The van der Waals surface area contributed by atoms with Gasteiger partial charge in [-0.3, -0.25) is 0 Å². The SMILES string of the molecule is CCCCCCCCCCCCN1C=CN(CCN2C=CN(CCCCCCCCCCCC)C2)C1. The van der Waals surface area contributed by atoms with Gasteiger partial charge in [-0.2, -0.15) is 0 Å². The molecule has 0 saturated carbocycles. The molecular weight excluding hydrogens is 440 g/mol. The Labute approximate surface area is 226 Å². The van der Waals surface area contributed by atoms with E-state index in [-0.39, 0.29) is 0 Å². The van der Waals surface area contributed by atoms with Gasteiger partial charge in [-0.25, -0.2) is 0 Å². The van der Waals surface area contributed by atoms with Gasteiger partial charge in [-0.1, -0.05) is 129 Å². The highest BCUT2D eigenvalue weighted by Crippen LogP contribution is 2.15. The Morgan fingerprint density at radius 3 is 0.889 bits per heavy atom. The van der Waals surface area contributed by atoms with Crippen molar-refractivity contribution in [3.05, 3.63) is 24.8 Å². The average molecular weight is 503 g/mol. The van der Waals surface area contributed by atoms with Crippen molar-refractivity contribution in [3.63, 3.8) is 0 Å². The van der Waals surface area contributed by atoms with Crippen LogP contribution < -0.4 is 0 Å². The monoisotopic (exact) mass is 502 g/mol. The Bertz CT molecular complexity index is 498. The Morgan fingerprint density at radius 2 is 0.583 bits per heavy atom. The smallest absolute Gasteiger partial charge is 0.0894 e. The zero-order chi connectivity index (χ0) is 25.5. The van der Waals surface area contributed by atoms with Gasteiger partial charge in [0, 0.05) is 51.0 Å². The van der Waals surface area contributed by atoms with Gasteiger partial charge in [0.1, 0.15) is 0 Å². The third kappa shape index (κ3) is 15.7. The third-order valence-corrected chi connectivity index (χ3v) is 7.98. The van der Waals surface area contributed by atoms with Crippen LogP contribution in [0.2, 0.25) is 0 Å². The van der Waals surface area contributed by atoms with Crippen molar-refractivity contribution in [3.8, 4) is 0 Å². The molecule has 4 nitrogen and oxygen atoms in total. The van der Waals surface area contributed by atoms with Crippen molar-refractivity contribution in [2.45, 2.75) is 142 Å². The lowest BCUT2D eigenvalue weighted by Gasteiger charge is -2.25. The predicted octanol–water partition coefficient (Wildman–Crippen LogP) is 8.92. The molecule has 0 N–H and O–H groups in total. The van der Waals surface area contributed by atoms with Crippen molar-refractivity contribution < 1.29 is 0 Å². The maximum Gasteiger partial charge on any atom is 0.0894 e. The topological polar surface area (TPSA) is 13.0 Å². The summed E-state index contributed by atoms with van der Waals surface area (Å²) >= 11 is 0. The highest BCUT2D eigenvalue weighted by atomic mass is 15.4. The van der Waals surface area contributed by atoms with Gasteiger partial charge in [0.25, 0.3) is 0 Å². The Morgan fingerprint density at radius 1 is 0.333 bits per heavy atom. The molecule has 4 heteroatoms. The fourth-order valence-electron chi connectivity index (χ4n) is 5.47. The second-order valence-corrected chi connectivity index (χ2v) is 11.5. The molecule has 2 heterocycles. The fraction of sp³-hybridized carbons (Fsp3) is 0.875. The van der Waals surface area contributed by atoms with Gasteiger partial charge in [-0.15, -0.1) is 0 Å². The van der Waals surface area contributed by atoms with Gasteiger partial charge in [0.05, 0.1) is 13.3 Å². The van der Waals surface area contributed by atoms with Gasteiger partial charge in [0.15, 0.2) is 0 Å². The number of unbranched alkanes of at least 4 members (excludes halogenated alkanes) is 18. The van der Waals surface area contributed by atoms with E-state index >= 15 is 0 Å². The van der Waals surface area contributed by atoms with Crippen molar-refractivity contribution in [1.29, 1.82) is 0 Å². The summed E-state index contributed by atoms with van der Waals surface area (Å²) in [6, 6.07) is 0. The molecule has 0 spiro atoms. The van der Waals surface area contributed by atoms with Crippen LogP contribution in [0.25, 0.3) is 0 Å². The Hall–Kier alpha value is -1.32. The van der Waals surface area contributed by atoms with E-state index in [9.17, 15) is 0 Å². The molecule has 210 valence electrons. The average Bonchev–Trinajstić information content (AvgIpc) is 3.54. The molecule has 0 bridgehead atoms. The second kappa shape index (κ2) is 21.7. The zero-order valence-corrected chi connectivity index (χ0v) is 24.5. The molecule has 2 rings (SSSR count). The van der Waals surface area contributed by atoms with Gasteiger partial charge < -0.3 is 19.6 Å². The maximum absolute atomic E-state index is 2.50. The number of hydrogen-bond acceptors (Lipinski definition) is 4. The molecule has 36 heavy (non-hydrogen) atoms. The maximum atomic E-state index is 2.50. The van der Waals surface area contributed by atoms with Crippen molar-refractivity contribution in [2.75, 3.05) is 39.5 Å². The molecule has 0 aromatic heterocycles. The van der Waals surface area contributed by atoms with E-state index in [2.05, 4.69) is 58.2 Å². The summed E-state index contributed by atoms with van der Waals surface area (Å²) < 4.78 is 0. The van der Waals surface area contributed by atoms with Crippen LogP contribution in [0.15, 0.2) is 24.8 Å². The fourth-order valence-corrected chi connectivity index (χ4v) is 5.47. The molecule has 0 saturated heterocycles. The Balaban J connectivity index is 1.36. The Kier molecular flexibility index (Phi) is 18.7. The van der Waals surface area contributed by atoms with Crippen molar-refractivity contribution in [2.24, 2.45) is 0 Å². The van der Waals surface area contributed by atoms with Crippen LogP contribution >= 0.6 is 0 Å².